The van der Waals surface area contributed by atoms with E-state index in [1.165, 1.54) is 52.6 Å². The third-order valence-corrected chi connectivity index (χ3v) is 7.75. The van der Waals surface area contributed by atoms with E-state index in [0.29, 0.717) is 0 Å². The van der Waals surface area contributed by atoms with Crippen molar-refractivity contribution in [1.29, 1.82) is 0 Å². The normalized spacial score (nSPS) is 16.9. The third kappa shape index (κ3) is 4.78. The second kappa shape index (κ2) is 10.4. The summed E-state index contributed by atoms with van der Waals surface area (Å²) in [5, 5.41) is 1.30. The van der Waals surface area contributed by atoms with Gasteiger partial charge in [0.15, 0.2) is 0 Å². The highest BCUT2D eigenvalue weighted by Gasteiger charge is 2.42. The number of para-hydroxylation sites is 1. The van der Waals surface area contributed by atoms with Gasteiger partial charge in [0.05, 0.1) is 17.7 Å². The summed E-state index contributed by atoms with van der Waals surface area (Å²) in [6.45, 7) is 4.13. The molecule has 35 heavy (non-hydrogen) atoms. The van der Waals surface area contributed by atoms with Crippen molar-refractivity contribution in [2.24, 2.45) is 0 Å². The van der Waals surface area contributed by atoms with E-state index in [4.69, 9.17) is 4.74 Å². The molecule has 6 rings (SSSR count). The molecule has 0 amide bonds. The topological polar surface area (TPSA) is 17.4 Å². The van der Waals surface area contributed by atoms with Crippen LogP contribution < -0.4 is 0 Å². The molecule has 0 atom stereocenters. The number of hydrogen-bond donors (Lipinski definition) is 0. The molecule has 0 radical (unpaired) electrons. The van der Waals surface area contributed by atoms with Crippen molar-refractivity contribution in [2.75, 3.05) is 19.6 Å². The van der Waals surface area contributed by atoms with Crippen LogP contribution in [-0.2, 0) is 23.4 Å². The Bertz CT molecular complexity index is 1290. The van der Waals surface area contributed by atoms with Gasteiger partial charge in [0.1, 0.15) is 5.82 Å². The Kier molecular flexibility index (Phi) is 7.28. The van der Waals surface area contributed by atoms with Crippen LogP contribution in [-0.4, -0.2) is 29.1 Å². The van der Waals surface area contributed by atoms with Gasteiger partial charge in [-0.3, -0.25) is 0 Å². The van der Waals surface area contributed by atoms with E-state index in [1.807, 2.05) is 12.1 Å². The van der Waals surface area contributed by atoms with Crippen LogP contribution in [0.4, 0.5) is 4.39 Å². The van der Waals surface area contributed by atoms with Crippen LogP contribution in [0.5, 0.6) is 0 Å². The van der Waals surface area contributed by atoms with Crippen molar-refractivity contribution < 1.29 is 9.13 Å². The fourth-order valence-electron chi connectivity index (χ4n) is 5.85. The second-order valence-electron chi connectivity index (χ2n) is 9.76. The molecular weight excluding hydrogens is 550 g/mol. The van der Waals surface area contributed by atoms with Gasteiger partial charge in [0.2, 0.25) is 0 Å². The van der Waals surface area contributed by atoms with Gasteiger partial charge < -0.3 is 14.2 Å². The molecule has 2 aliphatic heterocycles. The monoisotopic (exact) mass is 582 g/mol. The van der Waals surface area contributed by atoms with E-state index in [2.05, 4.69) is 64.2 Å². The molecule has 3 aromatic carbocycles. The molecule has 1 spiro atoms. The van der Waals surface area contributed by atoms with Crippen LogP contribution in [0, 0.1) is 5.82 Å². The number of ether oxygens (including phenoxy) is 1. The number of aryl methyl sites for hydroxylation is 1. The van der Waals surface area contributed by atoms with Crippen LogP contribution in [0.15, 0.2) is 79.0 Å². The first-order valence-electron chi connectivity index (χ1n) is 12.5. The lowest BCUT2D eigenvalue weighted by Gasteiger charge is -2.39. The van der Waals surface area contributed by atoms with E-state index < -0.39 is 0 Å². The quantitative estimate of drug-likeness (QED) is 0.176. The predicted molar refractivity (Wildman–Crippen MR) is 150 cm³/mol. The van der Waals surface area contributed by atoms with Gasteiger partial charge in [-0.1, -0.05) is 42.5 Å². The van der Waals surface area contributed by atoms with Crippen molar-refractivity contribution in [2.45, 2.75) is 44.3 Å². The fourth-order valence-corrected chi connectivity index (χ4v) is 5.85. The molecule has 182 valence electrons. The summed E-state index contributed by atoms with van der Waals surface area (Å²) in [7, 11) is 0. The van der Waals surface area contributed by atoms with Crippen LogP contribution in [0.2, 0.25) is 0 Å². The molecule has 4 aromatic rings. The number of fused-ring (bicyclic) bond motifs is 3. The first kappa shape index (κ1) is 24.5. The maximum atomic E-state index is 13.4. The number of unbranched alkanes of at least 4 members (excludes halogenated alkanes) is 1. The van der Waals surface area contributed by atoms with Gasteiger partial charge in [-0.25, -0.2) is 4.39 Å². The second-order valence-corrected chi connectivity index (χ2v) is 9.76. The minimum Gasteiger partial charge on any atom is -0.365 e. The average Bonchev–Trinajstić information content (AvgIpc) is 3.43. The minimum absolute atomic E-state index is 0. The number of likely N-dealkylation sites (tertiary alicyclic amines) is 1. The molecule has 0 aliphatic carbocycles. The van der Waals surface area contributed by atoms with E-state index in [-0.39, 0.29) is 35.4 Å². The first-order valence-corrected chi connectivity index (χ1v) is 12.5. The van der Waals surface area contributed by atoms with Crippen molar-refractivity contribution in [3.05, 3.63) is 102 Å². The van der Waals surface area contributed by atoms with Crippen LogP contribution >= 0.6 is 24.0 Å². The Labute approximate surface area is 223 Å². The Hall–Kier alpha value is -2.22. The summed E-state index contributed by atoms with van der Waals surface area (Å²) in [6, 6.07) is 24.0. The molecule has 0 saturated carbocycles. The molecule has 1 saturated heterocycles. The SMILES string of the molecule is Fc1ccc(-n2cc(CCCCN3CCC4(CC3)OCc3ccccc34)c3ccccc32)cc1.I. The number of nitrogens with zero attached hydrogens (tertiary/aromatic N) is 2. The number of halogens is 2. The molecule has 3 heterocycles. The van der Waals surface area contributed by atoms with E-state index in [0.717, 1.165) is 51.2 Å². The molecule has 0 N–H and O–H groups in total. The summed E-state index contributed by atoms with van der Waals surface area (Å²) < 4.78 is 21.9. The summed E-state index contributed by atoms with van der Waals surface area (Å²) in [5.74, 6) is -0.201. The highest BCUT2D eigenvalue weighted by atomic mass is 127. The van der Waals surface area contributed by atoms with Gasteiger partial charge >= 0.3 is 0 Å². The van der Waals surface area contributed by atoms with Gasteiger partial charge in [-0.15, -0.1) is 24.0 Å². The lowest BCUT2D eigenvalue weighted by Crippen LogP contribution is -2.42. The highest BCUT2D eigenvalue weighted by molar-refractivity contribution is 14.0. The molecule has 3 nitrogen and oxygen atoms in total. The predicted octanol–water partition coefficient (Wildman–Crippen LogP) is 7.23. The number of hydrogen-bond acceptors (Lipinski definition) is 2. The largest absolute Gasteiger partial charge is 0.365 e. The van der Waals surface area contributed by atoms with Crippen molar-refractivity contribution in [3.8, 4) is 5.69 Å². The van der Waals surface area contributed by atoms with Crippen LogP contribution in [0.3, 0.4) is 0 Å². The number of aromatic nitrogens is 1. The number of benzene rings is 3. The lowest BCUT2D eigenvalue weighted by atomic mass is 9.84. The minimum atomic E-state index is -0.201. The van der Waals surface area contributed by atoms with E-state index in [9.17, 15) is 4.39 Å². The Morgan fingerprint density at radius 2 is 1.60 bits per heavy atom. The smallest absolute Gasteiger partial charge is 0.123 e. The summed E-state index contributed by atoms with van der Waals surface area (Å²) in [6.07, 6.45) is 7.84. The standard InChI is InChI=1S/C30H31FN2O.HI/c31-25-12-14-26(15-13-25)33-21-23(27-9-2-4-11-29(27)33)7-5-6-18-32-19-16-30(17-20-32)28-10-3-1-8-24(28)22-34-30;/h1-4,8-15,21H,5-7,16-20,22H2;1H. The summed E-state index contributed by atoms with van der Waals surface area (Å²) in [5.41, 5.74) is 6.30. The summed E-state index contributed by atoms with van der Waals surface area (Å²) >= 11 is 0. The maximum absolute atomic E-state index is 13.4. The number of piperidine rings is 1. The van der Waals surface area contributed by atoms with Gasteiger partial charge in [0, 0.05) is 30.4 Å². The van der Waals surface area contributed by atoms with Crippen molar-refractivity contribution in [1.82, 2.24) is 9.47 Å². The van der Waals surface area contributed by atoms with Gasteiger partial charge in [0.25, 0.3) is 0 Å². The number of rotatable bonds is 6. The molecule has 5 heteroatoms. The zero-order valence-electron chi connectivity index (χ0n) is 20.0. The average molecular weight is 583 g/mol. The first-order chi connectivity index (χ1) is 16.7. The van der Waals surface area contributed by atoms with E-state index >= 15 is 0 Å². The molecule has 0 bridgehead atoms. The highest BCUT2D eigenvalue weighted by Crippen LogP contribution is 2.44. The Morgan fingerprint density at radius 3 is 2.43 bits per heavy atom. The fraction of sp³-hybridized carbons (Fsp3) is 0.333. The molecular formula is C30H32FIN2O. The Balaban J connectivity index is 0.00000253. The molecule has 1 fully saturated rings. The van der Waals surface area contributed by atoms with E-state index in [1.54, 1.807) is 0 Å². The van der Waals surface area contributed by atoms with Gasteiger partial charge in [-0.05, 0) is 85.7 Å². The zero-order valence-corrected chi connectivity index (χ0v) is 22.3. The zero-order chi connectivity index (χ0) is 23.0. The molecule has 0 unspecified atom stereocenters. The van der Waals surface area contributed by atoms with Crippen LogP contribution in [0.1, 0.15) is 42.4 Å². The molecule has 2 aliphatic rings. The van der Waals surface area contributed by atoms with Crippen molar-refractivity contribution in [3.63, 3.8) is 0 Å². The lowest BCUT2D eigenvalue weighted by molar-refractivity contribution is -0.0788. The Morgan fingerprint density at radius 1 is 0.857 bits per heavy atom. The van der Waals surface area contributed by atoms with Gasteiger partial charge in [-0.2, -0.15) is 0 Å². The third-order valence-electron chi connectivity index (χ3n) is 7.75. The molecule has 1 aromatic heterocycles. The van der Waals surface area contributed by atoms with Crippen LogP contribution in [0.25, 0.3) is 16.6 Å². The summed E-state index contributed by atoms with van der Waals surface area (Å²) in [4.78, 5) is 2.61. The van der Waals surface area contributed by atoms with Crippen molar-refractivity contribution >= 4 is 34.9 Å². The maximum Gasteiger partial charge on any atom is 0.123 e.